The highest BCUT2D eigenvalue weighted by Gasteiger charge is 2.58. The molecule has 1 aromatic carbocycles. The van der Waals surface area contributed by atoms with Gasteiger partial charge < -0.3 is 9.26 Å². The molecular weight excluding hydrogens is 344 g/mol. The Balaban J connectivity index is 1.75. The molecule has 0 radical (unpaired) electrons. The maximum atomic E-state index is 13.4. The lowest BCUT2D eigenvalue weighted by Crippen LogP contribution is -2.52. The zero-order valence-corrected chi connectivity index (χ0v) is 15.6. The summed E-state index contributed by atoms with van der Waals surface area (Å²) in [6.45, 7) is 2.01. The van der Waals surface area contributed by atoms with Gasteiger partial charge in [0.15, 0.2) is 17.3 Å². The molecule has 2 aliphatic carbocycles. The monoisotopic (exact) mass is 366 g/mol. The summed E-state index contributed by atoms with van der Waals surface area (Å²) < 4.78 is 11.4. The number of allylic oxidation sites excluding steroid dienone is 2. The first-order chi connectivity index (χ1) is 12.9. The molecule has 1 heterocycles. The van der Waals surface area contributed by atoms with E-state index in [1.54, 1.807) is 6.92 Å². The van der Waals surface area contributed by atoms with Gasteiger partial charge in [0.1, 0.15) is 12.2 Å². The van der Waals surface area contributed by atoms with Crippen LogP contribution in [-0.4, -0.2) is 35.7 Å². The van der Waals surface area contributed by atoms with Crippen molar-refractivity contribution in [2.45, 2.75) is 26.0 Å². The van der Waals surface area contributed by atoms with Crippen LogP contribution < -0.4 is 4.74 Å². The van der Waals surface area contributed by atoms with Crippen molar-refractivity contribution in [3.05, 3.63) is 59.4 Å². The van der Waals surface area contributed by atoms with Crippen LogP contribution in [0.2, 0.25) is 0 Å². The molecule has 6 heteroatoms. The summed E-state index contributed by atoms with van der Waals surface area (Å²) in [5.74, 6) is 0.0158. The maximum absolute atomic E-state index is 13.4. The Labute approximate surface area is 157 Å². The Morgan fingerprint density at radius 1 is 1.26 bits per heavy atom. The van der Waals surface area contributed by atoms with Crippen LogP contribution in [0.25, 0.3) is 0 Å². The summed E-state index contributed by atoms with van der Waals surface area (Å²) in [6, 6.07) is 9.41. The number of benzene rings is 1. The highest BCUT2D eigenvalue weighted by atomic mass is 16.5. The number of ketones is 2. The second-order valence-electron chi connectivity index (χ2n) is 7.55. The van der Waals surface area contributed by atoms with Crippen LogP contribution in [0, 0.1) is 11.3 Å². The van der Waals surface area contributed by atoms with E-state index >= 15 is 0 Å². The second kappa shape index (κ2) is 6.46. The maximum Gasteiger partial charge on any atom is 0.265 e. The molecule has 140 valence electrons. The van der Waals surface area contributed by atoms with Gasteiger partial charge in [0.2, 0.25) is 0 Å². The molecule has 0 aliphatic heterocycles. The van der Waals surface area contributed by atoms with Crippen molar-refractivity contribution in [1.29, 1.82) is 0 Å². The Bertz CT molecular complexity index is 916. The summed E-state index contributed by atoms with van der Waals surface area (Å²) in [5, 5.41) is 4.03. The fourth-order valence-corrected chi connectivity index (χ4v) is 4.20. The van der Waals surface area contributed by atoms with Crippen molar-refractivity contribution in [3.63, 3.8) is 0 Å². The predicted octanol–water partition coefficient (Wildman–Crippen LogP) is 3.20. The Hall–Kier alpha value is -2.73. The van der Waals surface area contributed by atoms with Gasteiger partial charge in [-0.3, -0.25) is 14.5 Å². The van der Waals surface area contributed by atoms with E-state index in [0.29, 0.717) is 17.7 Å². The quantitative estimate of drug-likeness (QED) is 0.774. The van der Waals surface area contributed by atoms with Crippen molar-refractivity contribution >= 4 is 11.6 Å². The van der Waals surface area contributed by atoms with Crippen LogP contribution in [-0.2, 0) is 11.4 Å². The number of Topliss-reactive ketones (excluding diaryl/α,β-unsaturated/α-hetero) is 1. The van der Waals surface area contributed by atoms with Crippen LogP contribution in [0.15, 0.2) is 47.0 Å². The van der Waals surface area contributed by atoms with Crippen molar-refractivity contribution in [3.8, 4) is 5.88 Å². The number of nitrogens with zero attached hydrogens (tertiary/aromatic N) is 2. The molecule has 2 aliphatic rings. The lowest BCUT2D eigenvalue weighted by molar-refractivity contribution is -0.125. The largest absolute Gasteiger partial charge is 0.470 e. The topological polar surface area (TPSA) is 72.6 Å². The molecule has 6 nitrogen and oxygen atoms in total. The third kappa shape index (κ3) is 2.63. The van der Waals surface area contributed by atoms with Crippen molar-refractivity contribution in [2.75, 3.05) is 14.1 Å². The summed E-state index contributed by atoms with van der Waals surface area (Å²) in [4.78, 5) is 28.1. The second-order valence-corrected chi connectivity index (χ2v) is 7.55. The van der Waals surface area contributed by atoms with Crippen LogP contribution in [0.4, 0.5) is 0 Å². The van der Waals surface area contributed by atoms with Gasteiger partial charge >= 0.3 is 0 Å². The highest BCUT2D eigenvalue weighted by molar-refractivity contribution is 6.20. The first-order valence-corrected chi connectivity index (χ1v) is 9.03. The van der Waals surface area contributed by atoms with Crippen molar-refractivity contribution in [1.82, 2.24) is 10.1 Å². The number of fused-ring (bicyclic) bond motifs is 2. The predicted molar refractivity (Wildman–Crippen MR) is 98.4 cm³/mol. The number of aromatic nitrogens is 1. The van der Waals surface area contributed by atoms with E-state index < -0.39 is 5.41 Å². The van der Waals surface area contributed by atoms with Crippen LogP contribution >= 0.6 is 0 Å². The Kier molecular flexibility index (Phi) is 4.23. The molecule has 0 saturated heterocycles. The van der Waals surface area contributed by atoms with Gasteiger partial charge in [-0.15, -0.1) is 0 Å². The van der Waals surface area contributed by atoms with Gasteiger partial charge in [0.25, 0.3) is 5.88 Å². The highest BCUT2D eigenvalue weighted by Crippen LogP contribution is 2.53. The van der Waals surface area contributed by atoms with Crippen molar-refractivity contribution < 1.29 is 18.8 Å². The first-order valence-electron chi connectivity index (χ1n) is 9.03. The molecule has 0 amide bonds. The average molecular weight is 366 g/mol. The number of carbonyl (C=O) groups excluding carboxylic acids is 2. The standard InChI is InChI=1S/C21H22N2O4/c1-21-14(10-7-11-15(21)24)17(23(2)3)18-16(19(21)25)20(22-27-18)26-12-13-8-5-4-6-9-13/h4-9,11,14,17H,10,12H2,1-3H3/t14-,17-,21+/m0/s1. The van der Waals surface area contributed by atoms with Crippen molar-refractivity contribution in [2.24, 2.45) is 11.3 Å². The van der Waals surface area contributed by atoms with E-state index in [9.17, 15) is 9.59 Å². The molecule has 0 saturated carbocycles. The van der Waals surface area contributed by atoms with Crippen LogP contribution in [0.3, 0.4) is 0 Å². The number of rotatable bonds is 4. The minimum atomic E-state index is -1.13. The molecule has 3 atom stereocenters. The molecule has 4 rings (SSSR count). The third-order valence-corrected chi connectivity index (χ3v) is 5.72. The van der Waals surface area contributed by atoms with Gasteiger partial charge in [-0.1, -0.05) is 36.4 Å². The first kappa shape index (κ1) is 17.7. The number of ether oxygens (including phenoxy) is 1. The van der Waals surface area contributed by atoms with Crippen LogP contribution in [0.5, 0.6) is 5.88 Å². The van der Waals surface area contributed by atoms with Gasteiger partial charge in [-0.05, 0) is 44.2 Å². The van der Waals surface area contributed by atoms with Crippen LogP contribution in [0.1, 0.15) is 41.1 Å². The number of hydrogen-bond acceptors (Lipinski definition) is 6. The smallest absolute Gasteiger partial charge is 0.265 e. The van der Waals surface area contributed by atoms with Gasteiger partial charge in [-0.2, -0.15) is 0 Å². The molecular formula is C21H22N2O4. The van der Waals surface area contributed by atoms with E-state index in [-0.39, 0.29) is 36.0 Å². The lowest BCUT2D eigenvalue weighted by atomic mass is 9.58. The molecule has 0 fully saturated rings. The molecule has 0 bridgehead atoms. The van der Waals surface area contributed by atoms with Gasteiger partial charge in [0, 0.05) is 5.92 Å². The summed E-state index contributed by atoms with van der Waals surface area (Å²) in [7, 11) is 3.83. The minimum Gasteiger partial charge on any atom is -0.470 e. The van der Waals surface area contributed by atoms with E-state index in [0.717, 1.165) is 5.56 Å². The molecule has 27 heavy (non-hydrogen) atoms. The number of hydrogen-bond donors (Lipinski definition) is 0. The SMILES string of the molecule is CN(C)[C@@H]1c2onc(OCc3ccccc3)c2C(=O)[C@@]2(C)C(=O)C=CC[C@@H]12. The van der Waals surface area contributed by atoms with E-state index in [1.165, 1.54) is 6.08 Å². The van der Waals surface area contributed by atoms with E-state index in [4.69, 9.17) is 9.26 Å². The Morgan fingerprint density at radius 3 is 2.70 bits per heavy atom. The molecule has 0 spiro atoms. The van der Waals surface area contributed by atoms with E-state index in [1.807, 2.05) is 55.4 Å². The molecule has 0 N–H and O–H groups in total. The zero-order valence-electron chi connectivity index (χ0n) is 15.6. The fourth-order valence-electron chi connectivity index (χ4n) is 4.20. The Morgan fingerprint density at radius 2 is 2.00 bits per heavy atom. The zero-order chi connectivity index (χ0) is 19.2. The van der Waals surface area contributed by atoms with E-state index in [2.05, 4.69) is 5.16 Å². The molecule has 0 unspecified atom stereocenters. The minimum absolute atomic E-state index is 0.160. The average Bonchev–Trinajstić information content (AvgIpc) is 3.07. The summed E-state index contributed by atoms with van der Waals surface area (Å²) in [5.41, 5.74) is 0.127. The molecule has 1 aromatic heterocycles. The summed E-state index contributed by atoms with van der Waals surface area (Å²) in [6.07, 6.45) is 3.99. The molecule has 2 aromatic rings. The van der Waals surface area contributed by atoms with Gasteiger partial charge in [-0.25, -0.2) is 0 Å². The van der Waals surface area contributed by atoms with Gasteiger partial charge in [0.05, 0.1) is 11.5 Å². The summed E-state index contributed by atoms with van der Waals surface area (Å²) >= 11 is 0. The third-order valence-electron chi connectivity index (χ3n) is 5.72. The lowest BCUT2D eigenvalue weighted by Gasteiger charge is -2.45. The normalized spacial score (nSPS) is 26.8. The number of carbonyl (C=O) groups is 2. The fraction of sp³-hybridized carbons (Fsp3) is 0.381.